The standard InChI is InChI=1S/C17H21NO4/c1-3-7-14-10-15(16(19)21-2)18(11-14)17(20)22-12-13-8-5-4-6-9-13/h4-6,8-10,15H,3,7,11-12H2,1-2H3/t15-/m0/s1. The predicted molar refractivity (Wildman–Crippen MR) is 82.1 cm³/mol. The second kappa shape index (κ2) is 7.64. The molecule has 0 bridgehead atoms. The fourth-order valence-electron chi connectivity index (χ4n) is 2.46. The molecule has 1 atom stereocenters. The number of ether oxygens (including phenoxy) is 2. The number of nitrogens with zero attached hydrogens (tertiary/aromatic N) is 1. The molecular weight excluding hydrogens is 282 g/mol. The fourth-order valence-corrected chi connectivity index (χ4v) is 2.46. The normalized spacial score (nSPS) is 17.1. The van der Waals surface area contributed by atoms with Crippen molar-refractivity contribution in [1.82, 2.24) is 4.90 Å². The molecule has 1 amide bonds. The molecule has 5 nitrogen and oxygen atoms in total. The van der Waals surface area contributed by atoms with E-state index in [1.165, 1.54) is 12.0 Å². The van der Waals surface area contributed by atoms with Gasteiger partial charge in [-0.25, -0.2) is 9.59 Å². The van der Waals surface area contributed by atoms with Crippen LogP contribution in [0.5, 0.6) is 0 Å². The summed E-state index contributed by atoms with van der Waals surface area (Å²) in [6.07, 6.45) is 3.13. The van der Waals surface area contributed by atoms with Crippen molar-refractivity contribution in [2.45, 2.75) is 32.4 Å². The molecule has 0 aromatic heterocycles. The van der Waals surface area contributed by atoms with Gasteiger partial charge in [0.15, 0.2) is 6.04 Å². The lowest BCUT2D eigenvalue weighted by Crippen LogP contribution is -2.41. The number of carbonyl (C=O) groups excluding carboxylic acids is 2. The van der Waals surface area contributed by atoms with Gasteiger partial charge in [-0.2, -0.15) is 0 Å². The number of methoxy groups -OCH3 is 1. The number of benzene rings is 1. The summed E-state index contributed by atoms with van der Waals surface area (Å²) in [6, 6.07) is 8.76. The lowest BCUT2D eigenvalue weighted by molar-refractivity contribution is -0.144. The summed E-state index contributed by atoms with van der Waals surface area (Å²) in [5, 5.41) is 0. The van der Waals surface area contributed by atoms with Crippen LogP contribution in [0.3, 0.4) is 0 Å². The lowest BCUT2D eigenvalue weighted by Gasteiger charge is -2.22. The van der Waals surface area contributed by atoms with Gasteiger partial charge in [0, 0.05) is 6.54 Å². The highest BCUT2D eigenvalue weighted by Crippen LogP contribution is 2.22. The molecule has 1 heterocycles. The summed E-state index contributed by atoms with van der Waals surface area (Å²) < 4.78 is 10.1. The maximum Gasteiger partial charge on any atom is 0.411 e. The summed E-state index contributed by atoms with van der Waals surface area (Å²) in [4.78, 5) is 25.5. The highest BCUT2D eigenvalue weighted by Gasteiger charge is 2.35. The molecule has 0 aliphatic carbocycles. The quantitative estimate of drug-likeness (QED) is 0.620. The Bertz CT molecular complexity index is 553. The van der Waals surface area contributed by atoms with Gasteiger partial charge in [-0.3, -0.25) is 4.90 Å². The summed E-state index contributed by atoms with van der Waals surface area (Å²) in [5.41, 5.74) is 1.97. The Morgan fingerprint density at radius 1 is 1.27 bits per heavy atom. The van der Waals surface area contributed by atoms with Crippen molar-refractivity contribution < 1.29 is 19.1 Å². The number of hydrogen-bond donors (Lipinski definition) is 0. The molecule has 0 radical (unpaired) electrons. The first-order valence-corrected chi connectivity index (χ1v) is 7.40. The van der Waals surface area contributed by atoms with E-state index in [1.807, 2.05) is 30.3 Å². The molecule has 0 spiro atoms. The van der Waals surface area contributed by atoms with E-state index in [0.717, 1.165) is 24.0 Å². The Balaban J connectivity index is 1.99. The molecule has 118 valence electrons. The first kappa shape index (κ1) is 16.1. The molecule has 0 N–H and O–H groups in total. The summed E-state index contributed by atoms with van der Waals surface area (Å²) in [6.45, 7) is 2.67. The molecule has 0 fully saturated rings. The Labute approximate surface area is 130 Å². The zero-order valence-electron chi connectivity index (χ0n) is 13.0. The number of esters is 1. The van der Waals surface area contributed by atoms with Crippen LogP contribution in [0.2, 0.25) is 0 Å². The fraction of sp³-hybridized carbons (Fsp3) is 0.412. The molecule has 1 aromatic carbocycles. The highest BCUT2D eigenvalue weighted by molar-refractivity contribution is 5.84. The SMILES string of the molecule is CCCC1=C[C@@H](C(=O)OC)N(C(=O)OCc2ccccc2)C1. The molecule has 0 saturated carbocycles. The van der Waals surface area contributed by atoms with Crippen LogP contribution in [-0.2, 0) is 20.9 Å². The zero-order valence-corrected chi connectivity index (χ0v) is 13.0. The number of rotatable bonds is 5. The molecule has 0 unspecified atom stereocenters. The average Bonchev–Trinajstić information content (AvgIpc) is 2.97. The highest BCUT2D eigenvalue weighted by atomic mass is 16.6. The average molecular weight is 303 g/mol. The van der Waals surface area contributed by atoms with Crippen molar-refractivity contribution in [1.29, 1.82) is 0 Å². The van der Waals surface area contributed by atoms with Gasteiger partial charge in [-0.05, 0) is 18.1 Å². The van der Waals surface area contributed by atoms with Crippen LogP contribution < -0.4 is 0 Å². The van der Waals surface area contributed by atoms with Gasteiger partial charge in [-0.1, -0.05) is 49.2 Å². The maximum atomic E-state index is 12.3. The van der Waals surface area contributed by atoms with E-state index in [2.05, 4.69) is 6.92 Å². The van der Waals surface area contributed by atoms with E-state index in [9.17, 15) is 9.59 Å². The Hall–Kier alpha value is -2.30. The molecule has 0 saturated heterocycles. The van der Waals surface area contributed by atoms with Crippen LogP contribution in [-0.4, -0.2) is 36.7 Å². The Kier molecular flexibility index (Phi) is 5.58. The lowest BCUT2D eigenvalue weighted by atomic mass is 10.1. The minimum atomic E-state index is -0.685. The second-order valence-corrected chi connectivity index (χ2v) is 5.21. The third-order valence-electron chi connectivity index (χ3n) is 3.56. The predicted octanol–water partition coefficient (Wildman–Crippen LogP) is 2.91. The van der Waals surface area contributed by atoms with Crippen LogP contribution in [0.15, 0.2) is 42.0 Å². The molecule has 22 heavy (non-hydrogen) atoms. The molecule has 1 aliphatic heterocycles. The summed E-state index contributed by atoms with van der Waals surface area (Å²) in [7, 11) is 1.32. The third-order valence-corrected chi connectivity index (χ3v) is 3.56. The van der Waals surface area contributed by atoms with Gasteiger partial charge in [0.1, 0.15) is 6.61 Å². The van der Waals surface area contributed by atoms with Crippen molar-refractivity contribution in [3.63, 3.8) is 0 Å². The van der Waals surface area contributed by atoms with E-state index in [1.54, 1.807) is 6.08 Å². The van der Waals surface area contributed by atoms with E-state index in [0.29, 0.717) is 6.54 Å². The zero-order chi connectivity index (χ0) is 15.9. The van der Waals surface area contributed by atoms with Gasteiger partial charge >= 0.3 is 12.1 Å². The van der Waals surface area contributed by atoms with E-state index >= 15 is 0 Å². The van der Waals surface area contributed by atoms with Crippen molar-refractivity contribution in [2.24, 2.45) is 0 Å². The van der Waals surface area contributed by atoms with Crippen molar-refractivity contribution in [3.8, 4) is 0 Å². The van der Waals surface area contributed by atoms with Crippen LogP contribution in [0, 0.1) is 0 Å². The van der Waals surface area contributed by atoms with Crippen molar-refractivity contribution in [2.75, 3.05) is 13.7 Å². The van der Waals surface area contributed by atoms with Crippen LogP contribution >= 0.6 is 0 Å². The first-order valence-electron chi connectivity index (χ1n) is 7.40. The minimum absolute atomic E-state index is 0.188. The second-order valence-electron chi connectivity index (χ2n) is 5.21. The van der Waals surface area contributed by atoms with Gasteiger partial charge in [0.25, 0.3) is 0 Å². The number of carbonyl (C=O) groups is 2. The molecule has 1 aliphatic rings. The molecule has 2 rings (SSSR count). The number of hydrogen-bond acceptors (Lipinski definition) is 4. The smallest absolute Gasteiger partial charge is 0.411 e. The topological polar surface area (TPSA) is 55.8 Å². The summed E-state index contributed by atoms with van der Waals surface area (Å²) >= 11 is 0. The minimum Gasteiger partial charge on any atom is -0.467 e. The van der Waals surface area contributed by atoms with Crippen molar-refractivity contribution in [3.05, 3.63) is 47.5 Å². The van der Waals surface area contributed by atoms with Gasteiger partial charge in [-0.15, -0.1) is 0 Å². The van der Waals surface area contributed by atoms with Crippen LogP contribution in [0.1, 0.15) is 25.3 Å². The largest absolute Gasteiger partial charge is 0.467 e. The van der Waals surface area contributed by atoms with Gasteiger partial charge in [0.2, 0.25) is 0 Å². The van der Waals surface area contributed by atoms with Gasteiger partial charge < -0.3 is 9.47 Å². The van der Waals surface area contributed by atoms with Crippen LogP contribution in [0.25, 0.3) is 0 Å². The Morgan fingerprint density at radius 2 is 2.00 bits per heavy atom. The van der Waals surface area contributed by atoms with E-state index < -0.39 is 18.1 Å². The van der Waals surface area contributed by atoms with E-state index in [4.69, 9.17) is 9.47 Å². The first-order chi connectivity index (χ1) is 10.7. The molecule has 1 aromatic rings. The summed E-state index contributed by atoms with van der Waals surface area (Å²) in [5.74, 6) is -0.442. The molecular formula is C17H21NO4. The van der Waals surface area contributed by atoms with Gasteiger partial charge in [0.05, 0.1) is 7.11 Å². The van der Waals surface area contributed by atoms with Crippen LogP contribution in [0.4, 0.5) is 4.79 Å². The monoisotopic (exact) mass is 303 g/mol. The maximum absolute atomic E-state index is 12.3. The van der Waals surface area contributed by atoms with Crippen molar-refractivity contribution >= 4 is 12.1 Å². The number of amides is 1. The van der Waals surface area contributed by atoms with E-state index in [-0.39, 0.29) is 6.61 Å². The Morgan fingerprint density at radius 3 is 2.64 bits per heavy atom. The molecule has 5 heteroatoms. The third kappa shape index (κ3) is 3.87.